The largest absolute Gasteiger partial charge is 0.336 e. The topological polar surface area (TPSA) is 396 Å². The summed E-state index contributed by atoms with van der Waals surface area (Å²) >= 11 is 0. The molecular formula is C29H45N15O14. The third-order valence-corrected chi connectivity index (χ3v) is 7.06. The zero-order valence-electron chi connectivity index (χ0n) is 32.2. The Morgan fingerprint density at radius 2 is 0.897 bits per heavy atom. The van der Waals surface area contributed by atoms with E-state index in [1.54, 1.807) is 24.8 Å². The molecule has 6 aliphatic heterocycles. The molecule has 29 heteroatoms. The summed E-state index contributed by atoms with van der Waals surface area (Å²) in [5.74, 6) is -2.26. The lowest BCUT2D eigenvalue weighted by atomic mass is 10.1. The maximum atomic E-state index is 11.0. The van der Waals surface area contributed by atoms with E-state index in [9.17, 15) is 67.1 Å². The Morgan fingerprint density at radius 1 is 0.466 bits per heavy atom. The number of aromatic amines is 3. The van der Waals surface area contributed by atoms with Gasteiger partial charge in [-0.25, -0.2) is 43.2 Å². The number of nitrogens with one attached hydrogen (secondary N) is 11. The molecule has 0 unspecified atom stereocenters. The van der Waals surface area contributed by atoms with Crippen molar-refractivity contribution in [1.29, 1.82) is 0 Å². The number of amides is 17. The smallest absolute Gasteiger partial charge is 0.332 e. The summed E-state index contributed by atoms with van der Waals surface area (Å²) < 4.78 is 0. The molecule has 6 aliphatic rings. The van der Waals surface area contributed by atoms with E-state index in [0.717, 1.165) is 42.5 Å². The minimum atomic E-state index is -0.802. The highest BCUT2D eigenvalue weighted by atomic mass is 16.2. The Kier molecular flexibility index (Phi) is 18.9. The highest BCUT2D eigenvalue weighted by Crippen LogP contribution is 2.07. The maximum Gasteiger partial charge on any atom is 0.332 e. The molecule has 1 aromatic heterocycles. The van der Waals surface area contributed by atoms with Crippen molar-refractivity contribution in [2.45, 2.75) is 32.2 Å². The Hall–Kier alpha value is -7.62. The molecule has 0 spiro atoms. The average Bonchev–Trinajstić information content (AvgIpc) is 3.90. The highest BCUT2D eigenvalue weighted by molar-refractivity contribution is 6.14. The first kappa shape index (κ1) is 48.4. The van der Waals surface area contributed by atoms with E-state index < -0.39 is 58.8 Å². The summed E-state index contributed by atoms with van der Waals surface area (Å²) in [4.78, 5) is 156. The van der Waals surface area contributed by atoms with Gasteiger partial charge in [0.2, 0.25) is 29.5 Å². The van der Waals surface area contributed by atoms with E-state index in [-0.39, 0.29) is 48.9 Å². The molecule has 0 bridgehead atoms. The van der Waals surface area contributed by atoms with Crippen LogP contribution in [0.3, 0.4) is 0 Å². The van der Waals surface area contributed by atoms with E-state index in [4.69, 9.17) is 0 Å². The van der Waals surface area contributed by atoms with Gasteiger partial charge in [-0.1, -0.05) is 0 Å². The number of likely N-dealkylation sites (N-methyl/N-ethyl adjacent to an activating group) is 2. The number of hydrogen-bond acceptors (Lipinski definition) is 14. The van der Waals surface area contributed by atoms with Crippen molar-refractivity contribution in [3.8, 4) is 0 Å². The van der Waals surface area contributed by atoms with E-state index in [2.05, 4.69) is 26.6 Å². The zero-order chi connectivity index (χ0) is 44.3. The van der Waals surface area contributed by atoms with Gasteiger partial charge in [-0.3, -0.25) is 64.7 Å². The fourth-order valence-electron chi connectivity index (χ4n) is 4.00. The molecule has 7 rings (SSSR count). The van der Waals surface area contributed by atoms with Gasteiger partial charge in [0.05, 0.1) is 12.1 Å². The summed E-state index contributed by atoms with van der Waals surface area (Å²) in [7, 11) is 6.33. The van der Waals surface area contributed by atoms with Crippen LogP contribution in [-0.4, -0.2) is 173 Å². The predicted octanol–water partition coefficient (Wildman–Crippen LogP) is -5.89. The van der Waals surface area contributed by atoms with Gasteiger partial charge in [0.15, 0.2) is 0 Å². The van der Waals surface area contributed by atoms with Crippen molar-refractivity contribution in [2.24, 2.45) is 0 Å². The van der Waals surface area contributed by atoms with Crippen LogP contribution < -0.4 is 59.6 Å². The van der Waals surface area contributed by atoms with Crippen molar-refractivity contribution in [3.63, 3.8) is 0 Å². The van der Waals surface area contributed by atoms with E-state index >= 15 is 0 Å². The zero-order valence-corrected chi connectivity index (χ0v) is 32.2. The van der Waals surface area contributed by atoms with Crippen LogP contribution in [0.2, 0.25) is 0 Å². The van der Waals surface area contributed by atoms with Crippen LogP contribution in [0.15, 0.2) is 14.4 Å². The predicted molar refractivity (Wildman–Crippen MR) is 194 cm³/mol. The van der Waals surface area contributed by atoms with Crippen LogP contribution >= 0.6 is 0 Å². The second kappa shape index (κ2) is 22.7. The van der Waals surface area contributed by atoms with Crippen molar-refractivity contribution >= 4 is 65.7 Å². The molecule has 0 atom stereocenters. The number of rotatable bonds is 0. The van der Waals surface area contributed by atoms with Gasteiger partial charge >= 0.3 is 53.3 Å². The number of nitrogens with zero attached hydrogens (tertiary/aromatic N) is 4. The van der Waals surface area contributed by atoms with Crippen molar-refractivity contribution in [1.82, 2.24) is 77.1 Å². The molecule has 11 N–H and O–H groups in total. The van der Waals surface area contributed by atoms with E-state index in [1.165, 1.54) is 14.1 Å². The molecule has 6 fully saturated rings. The molecule has 0 saturated carbocycles. The summed E-state index contributed by atoms with van der Waals surface area (Å²) in [6, 6.07) is -1.68. The summed E-state index contributed by atoms with van der Waals surface area (Å²) in [6.07, 6.45) is -0.468. The SMILES string of the molecule is CC1(C)CNC(=O)N1.CN1C(=O)CC(=O)N(C)C1=O.CN1CCN(C)C1=O.O=C1CC(=O)NC(=O)N1.O=C1CNC(=O)N1.O=C1NCCN1.O=c1[nH]c(=O)[nH]c(=O)[nH]1. The minimum absolute atomic E-state index is 0.0446. The minimum Gasteiger partial charge on any atom is -0.336 e. The van der Waals surface area contributed by atoms with Crippen molar-refractivity contribution in [2.75, 3.05) is 67.5 Å². The molecule has 0 aromatic carbocycles. The van der Waals surface area contributed by atoms with Crippen molar-refractivity contribution in [3.05, 3.63) is 31.5 Å². The van der Waals surface area contributed by atoms with Crippen LogP contribution in [-0.2, 0) is 24.0 Å². The molecule has 17 amide bonds. The summed E-state index contributed by atoms with van der Waals surface area (Å²) in [5.41, 5.74) is -2.45. The van der Waals surface area contributed by atoms with Crippen LogP contribution in [0.5, 0.6) is 0 Å². The number of barbiturate groups is 2. The second-order valence-corrected chi connectivity index (χ2v) is 12.6. The van der Waals surface area contributed by atoms with Crippen LogP contribution in [0.25, 0.3) is 0 Å². The van der Waals surface area contributed by atoms with Gasteiger partial charge in [0.1, 0.15) is 12.8 Å². The lowest BCUT2D eigenvalue weighted by molar-refractivity contribution is -0.141. The van der Waals surface area contributed by atoms with Gasteiger partial charge in [0.25, 0.3) is 0 Å². The van der Waals surface area contributed by atoms with Gasteiger partial charge < -0.3 is 36.4 Å². The molecule has 6 saturated heterocycles. The monoisotopic (exact) mass is 827 g/mol. The Bertz CT molecular complexity index is 1760. The fraction of sp³-hybridized carbons (Fsp3) is 0.517. The number of H-pyrrole nitrogens is 3. The normalized spacial score (nSPS) is 18.6. The molecule has 7 heterocycles. The number of hydrogen-bond donors (Lipinski definition) is 11. The first-order chi connectivity index (χ1) is 26.9. The highest BCUT2D eigenvalue weighted by Gasteiger charge is 2.32. The lowest BCUT2D eigenvalue weighted by Gasteiger charge is -2.26. The van der Waals surface area contributed by atoms with Gasteiger partial charge in [0, 0.05) is 60.9 Å². The van der Waals surface area contributed by atoms with Crippen LogP contribution in [0.1, 0.15) is 26.7 Å². The number of imide groups is 5. The fourth-order valence-corrected chi connectivity index (χ4v) is 4.00. The standard InChI is InChI=1S/C6H8N2O3.2C5H10N2O.C4H4N2O3.C3H3N3O3.C3H4N2O2.C3H6N2O/c1-7-4(9)3-5(10)8(2)6(7)11;1-5(2)3-6-4(8)7-5;1-6-3-4-7(2)5(6)8;7-2-1-3(8)6-4(9)5-2;7-1-4-2(8)6-3(9)5-1;6-2-1-4-3(7)5-2;6-3-4-1-2-5-3/h3H2,1-2H3;3H2,1-2H3,(H2,6,7,8);3-4H2,1-2H3;1H2,(H2,5,6,7,8,9);(H3,4,5,6,7,8,9);1H2,(H2,4,5,6,7);1-2H2,(H2,4,5,6). The maximum absolute atomic E-state index is 11.0. The molecule has 320 valence electrons. The Balaban J connectivity index is 0.000000340. The third-order valence-electron chi connectivity index (χ3n) is 7.06. The van der Waals surface area contributed by atoms with Crippen LogP contribution in [0.4, 0.5) is 28.8 Å². The Labute approximate surface area is 326 Å². The van der Waals surface area contributed by atoms with Gasteiger partial charge in [-0.05, 0) is 13.8 Å². The summed E-state index contributed by atoms with van der Waals surface area (Å²) in [6.45, 7) is 8.10. The molecular weight excluding hydrogens is 782 g/mol. The van der Waals surface area contributed by atoms with E-state index in [0.29, 0.717) is 0 Å². The first-order valence-corrected chi connectivity index (χ1v) is 16.7. The number of aromatic nitrogens is 3. The van der Waals surface area contributed by atoms with Gasteiger partial charge in [-0.15, -0.1) is 0 Å². The van der Waals surface area contributed by atoms with Gasteiger partial charge in [-0.2, -0.15) is 0 Å². The quantitative estimate of drug-likeness (QED) is 0.0858. The molecule has 0 aliphatic carbocycles. The second-order valence-electron chi connectivity index (χ2n) is 12.6. The number of urea groups is 6. The Morgan fingerprint density at radius 3 is 1.12 bits per heavy atom. The first-order valence-electron chi connectivity index (χ1n) is 16.7. The molecule has 1 aromatic rings. The molecule has 29 nitrogen and oxygen atoms in total. The number of carbonyl (C=O) groups excluding carboxylic acids is 11. The molecule has 0 radical (unpaired) electrons. The van der Waals surface area contributed by atoms with E-state index in [1.807, 2.05) is 43.9 Å². The number of carbonyl (C=O) groups is 11. The van der Waals surface area contributed by atoms with Crippen molar-refractivity contribution < 1.29 is 52.7 Å². The van der Waals surface area contributed by atoms with Crippen LogP contribution in [0, 0.1) is 0 Å². The lowest BCUT2D eigenvalue weighted by Crippen LogP contribution is -2.51. The summed E-state index contributed by atoms with van der Waals surface area (Å²) in [5, 5.41) is 18.6. The third kappa shape index (κ3) is 18.6. The average molecular weight is 828 g/mol. The molecule has 58 heavy (non-hydrogen) atoms.